The molecule has 0 saturated carbocycles. The standard InChI is InChI=1S/C5H5BF3O.K/c1-4-2-5(10-3-4)6(7,8)9;/h2-3H,1H3;/q-1;+1. The number of rotatable bonds is 1. The minimum Gasteiger partial charge on any atom is -0.501 e. The number of furan rings is 1. The second-order valence-electron chi connectivity index (χ2n) is 2.10. The number of hydrogen-bond acceptors (Lipinski definition) is 1. The van der Waals surface area contributed by atoms with Crippen molar-refractivity contribution in [2.75, 3.05) is 0 Å². The summed E-state index contributed by atoms with van der Waals surface area (Å²) in [5.41, 5.74) is -0.383. The summed E-state index contributed by atoms with van der Waals surface area (Å²) in [5.74, 6) is 0. The van der Waals surface area contributed by atoms with Crippen molar-refractivity contribution in [3.8, 4) is 0 Å². The van der Waals surface area contributed by atoms with Gasteiger partial charge in [0.05, 0.1) is 6.26 Å². The van der Waals surface area contributed by atoms with Gasteiger partial charge in [-0.15, -0.1) is 0 Å². The van der Waals surface area contributed by atoms with Gasteiger partial charge in [0, 0.05) is 5.66 Å². The van der Waals surface area contributed by atoms with Gasteiger partial charge in [-0.25, -0.2) is 0 Å². The molecule has 1 aromatic rings. The van der Waals surface area contributed by atoms with E-state index in [4.69, 9.17) is 0 Å². The Labute approximate surface area is 105 Å². The smallest absolute Gasteiger partial charge is 0.501 e. The van der Waals surface area contributed by atoms with E-state index in [2.05, 4.69) is 4.42 Å². The van der Waals surface area contributed by atoms with E-state index < -0.39 is 12.6 Å². The SMILES string of the molecule is Cc1coc([B-](F)(F)F)c1.[K+]. The third kappa shape index (κ3) is 3.33. The molecule has 0 spiro atoms. The molecule has 1 aromatic heterocycles. The van der Waals surface area contributed by atoms with Crippen LogP contribution in [0.25, 0.3) is 0 Å². The van der Waals surface area contributed by atoms with Crippen molar-refractivity contribution in [2.24, 2.45) is 0 Å². The Hall–Kier alpha value is 0.771. The zero-order valence-electron chi connectivity index (χ0n) is 6.27. The predicted molar refractivity (Wildman–Crippen MR) is 32.2 cm³/mol. The van der Waals surface area contributed by atoms with E-state index in [1.807, 2.05) is 0 Å². The molecule has 0 bridgehead atoms. The molecule has 11 heavy (non-hydrogen) atoms. The first kappa shape index (κ1) is 11.8. The fourth-order valence-electron chi connectivity index (χ4n) is 0.625. The van der Waals surface area contributed by atoms with Crippen molar-refractivity contribution in [2.45, 2.75) is 6.92 Å². The maximum Gasteiger partial charge on any atom is 1.00 e. The van der Waals surface area contributed by atoms with Gasteiger partial charge in [0.15, 0.2) is 0 Å². The van der Waals surface area contributed by atoms with E-state index in [0.29, 0.717) is 5.56 Å². The molecule has 0 aliphatic heterocycles. The van der Waals surface area contributed by atoms with Gasteiger partial charge < -0.3 is 17.4 Å². The summed E-state index contributed by atoms with van der Waals surface area (Å²) in [5, 5.41) is 0. The van der Waals surface area contributed by atoms with Gasteiger partial charge in [-0.2, -0.15) is 0 Å². The Kier molecular flexibility index (Phi) is 4.42. The second-order valence-corrected chi connectivity index (χ2v) is 2.10. The number of aryl methyl sites for hydroxylation is 1. The first-order valence-corrected chi connectivity index (χ1v) is 2.75. The average molecular weight is 188 g/mol. The van der Waals surface area contributed by atoms with Crippen molar-refractivity contribution < 1.29 is 68.7 Å². The molecule has 56 valence electrons. The zero-order valence-corrected chi connectivity index (χ0v) is 9.40. The van der Waals surface area contributed by atoms with Crippen LogP contribution in [0.2, 0.25) is 0 Å². The molecule has 1 nitrogen and oxygen atoms in total. The summed E-state index contributed by atoms with van der Waals surface area (Å²) < 4.78 is 39.5. The molecule has 0 aliphatic carbocycles. The summed E-state index contributed by atoms with van der Waals surface area (Å²) in [4.78, 5) is 0. The van der Waals surface area contributed by atoms with Gasteiger partial charge in [0.2, 0.25) is 0 Å². The average Bonchev–Trinajstić information content (AvgIpc) is 2.11. The van der Waals surface area contributed by atoms with Crippen molar-refractivity contribution in [1.29, 1.82) is 0 Å². The predicted octanol–water partition coefficient (Wildman–Crippen LogP) is -1.35. The largest absolute Gasteiger partial charge is 1.00 e. The van der Waals surface area contributed by atoms with Crippen LogP contribution in [0.5, 0.6) is 0 Å². The van der Waals surface area contributed by atoms with Gasteiger partial charge in [-0.05, 0) is 18.6 Å². The van der Waals surface area contributed by atoms with Crippen LogP contribution >= 0.6 is 0 Å². The molecular weight excluding hydrogens is 183 g/mol. The molecule has 0 atom stereocenters. The van der Waals surface area contributed by atoms with Crippen LogP contribution < -0.4 is 57.0 Å². The monoisotopic (exact) mass is 188 g/mol. The van der Waals surface area contributed by atoms with Gasteiger partial charge >= 0.3 is 58.4 Å². The maximum atomic E-state index is 11.8. The fraction of sp³-hybridized carbons (Fsp3) is 0.200. The number of hydrogen-bond donors (Lipinski definition) is 0. The van der Waals surface area contributed by atoms with Gasteiger partial charge in [-0.1, -0.05) is 0 Å². The minimum atomic E-state index is -4.95. The molecule has 0 amide bonds. The minimum absolute atomic E-state index is 0. The number of halogens is 3. The van der Waals surface area contributed by atoms with Crippen molar-refractivity contribution in [3.63, 3.8) is 0 Å². The molecule has 0 aliphatic rings. The Balaban J connectivity index is 0.000001000. The zero-order chi connectivity index (χ0) is 7.78. The Morgan fingerprint density at radius 3 is 2.09 bits per heavy atom. The molecule has 6 heteroatoms. The first-order chi connectivity index (χ1) is 4.50. The molecule has 0 saturated heterocycles. The van der Waals surface area contributed by atoms with E-state index in [1.54, 1.807) is 6.92 Å². The van der Waals surface area contributed by atoms with E-state index >= 15 is 0 Å². The summed E-state index contributed by atoms with van der Waals surface area (Å²) in [6.07, 6.45) is 1.09. The third-order valence-electron chi connectivity index (χ3n) is 1.07. The van der Waals surface area contributed by atoms with Gasteiger partial charge in [-0.3, -0.25) is 0 Å². The Morgan fingerprint density at radius 1 is 1.36 bits per heavy atom. The third-order valence-corrected chi connectivity index (χ3v) is 1.07. The Morgan fingerprint density at radius 2 is 1.91 bits per heavy atom. The van der Waals surface area contributed by atoms with E-state index in [9.17, 15) is 12.9 Å². The molecule has 0 unspecified atom stereocenters. The molecule has 1 rings (SSSR count). The molecule has 0 N–H and O–H groups in total. The molecule has 1 heterocycles. The maximum absolute atomic E-state index is 11.8. The van der Waals surface area contributed by atoms with Crippen LogP contribution in [0.3, 0.4) is 0 Å². The van der Waals surface area contributed by atoms with Crippen molar-refractivity contribution >= 4 is 12.6 Å². The normalized spacial score (nSPS) is 10.9. The van der Waals surface area contributed by atoms with E-state index in [0.717, 1.165) is 12.3 Å². The molecule has 0 aromatic carbocycles. The summed E-state index contributed by atoms with van der Waals surface area (Å²) in [6, 6.07) is 0.986. The van der Waals surface area contributed by atoms with E-state index in [-0.39, 0.29) is 51.4 Å². The fourth-order valence-corrected chi connectivity index (χ4v) is 0.625. The molecule has 0 fully saturated rings. The van der Waals surface area contributed by atoms with Crippen LogP contribution in [0, 0.1) is 6.92 Å². The quantitative estimate of drug-likeness (QED) is 0.496. The topological polar surface area (TPSA) is 13.1 Å². The van der Waals surface area contributed by atoms with Crippen LogP contribution in [0.15, 0.2) is 16.7 Å². The second kappa shape index (κ2) is 4.13. The van der Waals surface area contributed by atoms with Crippen LogP contribution in [0.4, 0.5) is 12.9 Å². The van der Waals surface area contributed by atoms with Crippen molar-refractivity contribution in [1.82, 2.24) is 0 Å². The van der Waals surface area contributed by atoms with Gasteiger partial charge in [0.1, 0.15) is 0 Å². The summed E-state index contributed by atoms with van der Waals surface area (Å²) in [6.45, 7) is -3.40. The summed E-state index contributed by atoms with van der Waals surface area (Å²) >= 11 is 0. The molecular formula is C5H5BF3KO. The van der Waals surface area contributed by atoms with E-state index in [1.165, 1.54) is 0 Å². The van der Waals surface area contributed by atoms with Crippen molar-refractivity contribution in [3.05, 3.63) is 17.9 Å². The Bertz CT molecular complexity index is 232. The first-order valence-electron chi connectivity index (χ1n) is 2.75. The van der Waals surface area contributed by atoms with Crippen LogP contribution in [-0.2, 0) is 0 Å². The van der Waals surface area contributed by atoms with Gasteiger partial charge in [0.25, 0.3) is 0 Å². The molecule has 0 radical (unpaired) electrons. The van der Waals surface area contributed by atoms with Crippen LogP contribution in [0.1, 0.15) is 5.56 Å². The summed E-state index contributed by atoms with van der Waals surface area (Å²) in [7, 11) is 0. The van der Waals surface area contributed by atoms with Crippen LogP contribution in [-0.4, -0.2) is 6.98 Å².